The lowest BCUT2D eigenvalue weighted by atomic mass is 9.68. The van der Waals surface area contributed by atoms with Crippen LogP contribution >= 0.6 is 11.6 Å². The van der Waals surface area contributed by atoms with E-state index in [1.807, 2.05) is 6.07 Å². The monoisotopic (exact) mass is 481 g/mol. The lowest BCUT2D eigenvalue weighted by molar-refractivity contribution is 0.0696. The van der Waals surface area contributed by atoms with E-state index in [-0.39, 0.29) is 11.0 Å². The SMILES string of the molecule is C=CC(O)C[C@@H]1CC[C@H]1CN1C[C@@]2(CCCc3cc(Cl)ccc32)COc2ccc(C(=O)O)cc21. The molecule has 2 aliphatic carbocycles. The third kappa shape index (κ3) is 4.32. The number of rotatable bonds is 6. The largest absolute Gasteiger partial charge is 0.490 e. The van der Waals surface area contributed by atoms with Gasteiger partial charge in [0.15, 0.2) is 0 Å². The highest BCUT2D eigenvalue weighted by Crippen LogP contribution is 2.46. The first-order valence-electron chi connectivity index (χ1n) is 12.2. The van der Waals surface area contributed by atoms with Gasteiger partial charge in [-0.05, 0) is 91.8 Å². The Balaban J connectivity index is 1.51. The zero-order chi connectivity index (χ0) is 23.9. The molecule has 1 unspecified atom stereocenters. The van der Waals surface area contributed by atoms with Crippen LogP contribution in [-0.2, 0) is 11.8 Å². The summed E-state index contributed by atoms with van der Waals surface area (Å²) in [5.41, 5.74) is 3.53. The molecule has 1 fully saturated rings. The molecule has 34 heavy (non-hydrogen) atoms. The average Bonchev–Trinajstić information content (AvgIpc) is 2.97. The summed E-state index contributed by atoms with van der Waals surface area (Å²) in [4.78, 5) is 14.1. The van der Waals surface area contributed by atoms with E-state index in [1.54, 1.807) is 24.3 Å². The molecule has 4 atom stereocenters. The first kappa shape index (κ1) is 23.3. The summed E-state index contributed by atoms with van der Waals surface area (Å²) in [6.45, 7) is 5.87. The van der Waals surface area contributed by atoms with Crippen LogP contribution in [0.1, 0.15) is 53.6 Å². The summed E-state index contributed by atoms with van der Waals surface area (Å²) in [5.74, 6) is 0.691. The number of anilines is 1. The maximum absolute atomic E-state index is 11.8. The summed E-state index contributed by atoms with van der Waals surface area (Å²) in [7, 11) is 0. The topological polar surface area (TPSA) is 70.0 Å². The molecule has 1 heterocycles. The van der Waals surface area contributed by atoms with Gasteiger partial charge < -0.3 is 19.8 Å². The Kier molecular flexibility index (Phi) is 6.34. The average molecular weight is 482 g/mol. The number of carboxylic acids is 1. The highest BCUT2D eigenvalue weighted by Gasteiger charge is 2.43. The molecule has 2 aromatic carbocycles. The van der Waals surface area contributed by atoms with Crippen LogP contribution in [0.4, 0.5) is 5.69 Å². The number of halogens is 1. The Hall–Kier alpha value is -2.50. The highest BCUT2D eigenvalue weighted by molar-refractivity contribution is 6.30. The number of aliphatic hydroxyl groups is 1. The van der Waals surface area contributed by atoms with Crippen LogP contribution in [0.15, 0.2) is 49.1 Å². The molecular formula is C28H32ClNO4. The number of hydrogen-bond acceptors (Lipinski definition) is 4. The quantitative estimate of drug-likeness (QED) is 0.535. The van der Waals surface area contributed by atoms with Crippen molar-refractivity contribution in [1.82, 2.24) is 0 Å². The van der Waals surface area contributed by atoms with Crippen LogP contribution in [0.25, 0.3) is 0 Å². The molecule has 3 aliphatic rings. The molecule has 180 valence electrons. The number of carboxylic acid groups (broad SMARTS) is 1. The number of aromatic carboxylic acids is 1. The van der Waals surface area contributed by atoms with Crippen molar-refractivity contribution in [1.29, 1.82) is 0 Å². The van der Waals surface area contributed by atoms with Crippen molar-refractivity contribution < 1.29 is 19.7 Å². The zero-order valence-electron chi connectivity index (χ0n) is 19.4. The number of aryl methyl sites for hydroxylation is 1. The smallest absolute Gasteiger partial charge is 0.335 e. The van der Waals surface area contributed by atoms with E-state index in [4.69, 9.17) is 16.3 Å². The summed E-state index contributed by atoms with van der Waals surface area (Å²) in [6, 6.07) is 11.4. The van der Waals surface area contributed by atoms with Gasteiger partial charge >= 0.3 is 5.97 Å². The van der Waals surface area contributed by atoms with E-state index in [9.17, 15) is 15.0 Å². The molecule has 5 rings (SSSR count). The van der Waals surface area contributed by atoms with E-state index in [0.717, 1.165) is 68.1 Å². The van der Waals surface area contributed by atoms with E-state index in [2.05, 4.69) is 23.6 Å². The van der Waals surface area contributed by atoms with E-state index >= 15 is 0 Å². The van der Waals surface area contributed by atoms with Gasteiger partial charge in [0.05, 0.1) is 24.0 Å². The fourth-order valence-electron chi connectivity index (χ4n) is 6.13. The van der Waals surface area contributed by atoms with Gasteiger partial charge in [-0.15, -0.1) is 6.58 Å². The van der Waals surface area contributed by atoms with Crippen molar-refractivity contribution in [2.24, 2.45) is 11.8 Å². The van der Waals surface area contributed by atoms with Crippen molar-refractivity contribution >= 4 is 23.3 Å². The molecule has 0 bridgehead atoms. The summed E-state index contributed by atoms with van der Waals surface area (Å²) in [6.07, 6.45) is 7.17. The minimum Gasteiger partial charge on any atom is -0.490 e. The van der Waals surface area contributed by atoms with Crippen LogP contribution in [0.2, 0.25) is 5.02 Å². The number of hydrogen-bond donors (Lipinski definition) is 2. The third-order valence-electron chi connectivity index (χ3n) is 8.13. The van der Waals surface area contributed by atoms with Gasteiger partial charge in [0.1, 0.15) is 5.75 Å². The van der Waals surface area contributed by atoms with Crippen LogP contribution in [-0.4, -0.2) is 42.0 Å². The second-order valence-electron chi connectivity index (χ2n) is 10.2. The Morgan fingerprint density at radius 1 is 1.26 bits per heavy atom. The van der Waals surface area contributed by atoms with Gasteiger partial charge in [-0.2, -0.15) is 0 Å². The van der Waals surface area contributed by atoms with Gasteiger partial charge in [0.25, 0.3) is 0 Å². The van der Waals surface area contributed by atoms with Crippen molar-refractivity contribution in [3.63, 3.8) is 0 Å². The molecular weight excluding hydrogens is 450 g/mol. The molecule has 0 radical (unpaired) electrons. The van der Waals surface area contributed by atoms with Gasteiger partial charge in [0.2, 0.25) is 0 Å². The van der Waals surface area contributed by atoms with Gasteiger partial charge in [0, 0.05) is 23.5 Å². The maximum Gasteiger partial charge on any atom is 0.335 e. The van der Waals surface area contributed by atoms with Gasteiger partial charge in [-0.3, -0.25) is 0 Å². The number of benzene rings is 2. The van der Waals surface area contributed by atoms with Crippen LogP contribution in [0, 0.1) is 11.8 Å². The predicted octanol–water partition coefficient (Wildman–Crippen LogP) is 5.47. The first-order valence-corrected chi connectivity index (χ1v) is 12.6. The van der Waals surface area contributed by atoms with Gasteiger partial charge in [-0.25, -0.2) is 4.79 Å². The summed E-state index contributed by atoms with van der Waals surface area (Å²) < 4.78 is 6.42. The minimum atomic E-state index is -0.935. The normalized spacial score (nSPS) is 26.5. The Morgan fingerprint density at radius 3 is 2.82 bits per heavy atom. The van der Waals surface area contributed by atoms with E-state index in [1.165, 1.54) is 11.1 Å². The summed E-state index contributed by atoms with van der Waals surface area (Å²) >= 11 is 6.32. The Labute approximate surface area is 206 Å². The molecule has 1 saturated carbocycles. The molecule has 0 aromatic heterocycles. The zero-order valence-corrected chi connectivity index (χ0v) is 20.1. The second-order valence-corrected chi connectivity index (χ2v) is 10.7. The van der Waals surface area contributed by atoms with Crippen molar-refractivity contribution in [3.05, 3.63) is 70.8 Å². The molecule has 6 heteroatoms. The standard InChI is InChI=1S/C28H32ClNO4/c1-2-23(31)13-18-5-6-21(18)15-30-16-28(11-3-4-19-12-22(29)8-9-24(19)28)17-34-26-10-7-20(27(32)33)14-25(26)30/h2,7-10,12,14,18,21,23,31H,1,3-6,11,13,15-17H2,(H,32,33)/t18-,21-,23?,28-/m0/s1. The molecule has 1 aliphatic heterocycles. The Bertz CT molecular complexity index is 1100. The second kappa shape index (κ2) is 9.27. The molecule has 2 N–H and O–H groups in total. The number of fused-ring (bicyclic) bond motifs is 3. The molecule has 1 spiro atoms. The third-order valence-corrected chi connectivity index (χ3v) is 8.37. The van der Waals surface area contributed by atoms with Crippen molar-refractivity contribution in [2.75, 3.05) is 24.6 Å². The van der Waals surface area contributed by atoms with Crippen molar-refractivity contribution in [2.45, 2.75) is 50.0 Å². The first-order chi connectivity index (χ1) is 16.4. The maximum atomic E-state index is 11.8. The predicted molar refractivity (Wildman–Crippen MR) is 134 cm³/mol. The van der Waals surface area contributed by atoms with E-state index < -0.39 is 12.1 Å². The highest BCUT2D eigenvalue weighted by atomic mass is 35.5. The number of carbonyl (C=O) groups is 1. The molecule has 0 saturated heterocycles. The molecule has 5 nitrogen and oxygen atoms in total. The number of ether oxygens (including phenoxy) is 1. The Morgan fingerprint density at radius 2 is 2.09 bits per heavy atom. The summed E-state index contributed by atoms with van der Waals surface area (Å²) in [5, 5.41) is 20.5. The minimum absolute atomic E-state index is 0.180. The van der Waals surface area contributed by atoms with Crippen LogP contribution in [0.3, 0.4) is 0 Å². The molecule has 2 aromatic rings. The van der Waals surface area contributed by atoms with E-state index in [0.29, 0.717) is 18.4 Å². The number of aliphatic hydroxyl groups excluding tert-OH is 1. The lowest BCUT2D eigenvalue weighted by Gasteiger charge is -2.45. The van der Waals surface area contributed by atoms with Gasteiger partial charge in [-0.1, -0.05) is 23.7 Å². The molecule has 0 amide bonds. The number of nitrogens with zero attached hydrogens (tertiary/aromatic N) is 1. The van der Waals surface area contributed by atoms with Crippen LogP contribution < -0.4 is 9.64 Å². The fraction of sp³-hybridized carbons (Fsp3) is 0.464. The van der Waals surface area contributed by atoms with Crippen LogP contribution in [0.5, 0.6) is 5.75 Å². The lowest BCUT2D eigenvalue weighted by Crippen LogP contribution is -2.48. The van der Waals surface area contributed by atoms with Crippen molar-refractivity contribution in [3.8, 4) is 5.75 Å². The fourth-order valence-corrected chi connectivity index (χ4v) is 6.32.